The predicted octanol–water partition coefficient (Wildman–Crippen LogP) is 3.08. The van der Waals surface area contributed by atoms with Crippen LogP contribution in [0.4, 0.5) is 10.1 Å². The van der Waals surface area contributed by atoms with Crippen LogP contribution < -0.4 is 10.2 Å². The highest BCUT2D eigenvalue weighted by Gasteiger charge is 2.44. The number of morpholine rings is 1. The van der Waals surface area contributed by atoms with Crippen LogP contribution in [0.5, 0.6) is 0 Å². The molecule has 2 atom stereocenters. The van der Waals surface area contributed by atoms with Gasteiger partial charge in [0.15, 0.2) is 0 Å². The molecule has 0 aromatic heterocycles. The summed E-state index contributed by atoms with van der Waals surface area (Å²) in [6, 6.07) is 14.9. The van der Waals surface area contributed by atoms with Crippen molar-refractivity contribution in [3.05, 3.63) is 65.5 Å². The Morgan fingerprint density at radius 1 is 1.12 bits per heavy atom. The minimum atomic E-state index is -0.217. The highest BCUT2D eigenvalue weighted by atomic mass is 19.1. The van der Waals surface area contributed by atoms with E-state index in [0.29, 0.717) is 12.1 Å². The van der Waals surface area contributed by atoms with Gasteiger partial charge >= 0.3 is 0 Å². The van der Waals surface area contributed by atoms with Gasteiger partial charge in [0.2, 0.25) is 5.91 Å². The van der Waals surface area contributed by atoms with Crippen molar-refractivity contribution in [3.63, 3.8) is 0 Å². The Morgan fingerprint density at radius 3 is 2.65 bits per heavy atom. The number of amides is 1. The summed E-state index contributed by atoms with van der Waals surface area (Å²) in [5.74, 6) is -0.325. The van der Waals surface area contributed by atoms with E-state index in [1.807, 2.05) is 24.3 Å². The molecule has 2 aromatic carbocycles. The van der Waals surface area contributed by atoms with Gasteiger partial charge < -0.3 is 15.0 Å². The average Bonchev–Trinajstić information content (AvgIpc) is 3.48. The van der Waals surface area contributed by atoms with E-state index in [0.717, 1.165) is 44.0 Å². The maximum absolute atomic E-state index is 13.9. The van der Waals surface area contributed by atoms with Crippen molar-refractivity contribution in [3.8, 4) is 0 Å². The molecule has 2 unspecified atom stereocenters. The van der Waals surface area contributed by atoms with Crippen molar-refractivity contribution in [2.45, 2.75) is 18.9 Å². The van der Waals surface area contributed by atoms with E-state index in [4.69, 9.17) is 4.74 Å². The third kappa shape index (κ3) is 3.58. The molecule has 2 fully saturated rings. The van der Waals surface area contributed by atoms with Gasteiger partial charge in [-0.15, -0.1) is 0 Å². The van der Waals surface area contributed by atoms with E-state index in [1.165, 1.54) is 6.07 Å². The number of rotatable bonds is 5. The third-order valence-corrected chi connectivity index (χ3v) is 5.23. The minimum Gasteiger partial charge on any atom is -0.378 e. The number of halogens is 1. The van der Waals surface area contributed by atoms with Crippen LogP contribution in [0.15, 0.2) is 48.5 Å². The second-order valence-corrected chi connectivity index (χ2v) is 6.92. The summed E-state index contributed by atoms with van der Waals surface area (Å²) in [7, 11) is 0. The molecule has 0 bridgehead atoms. The summed E-state index contributed by atoms with van der Waals surface area (Å²) < 4.78 is 19.3. The first-order valence-electron chi connectivity index (χ1n) is 9.17. The van der Waals surface area contributed by atoms with Crippen molar-refractivity contribution in [2.24, 2.45) is 5.92 Å². The van der Waals surface area contributed by atoms with Gasteiger partial charge in [0.05, 0.1) is 13.2 Å². The summed E-state index contributed by atoms with van der Waals surface area (Å²) in [5, 5.41) is 3.04. The second kappa shape index (κ2) is 7.46. The minimum absolute atomic E-state index is 0.00527. The van der Waals surface area contributed by atoms with E-state index in [1.54, 1.807) is 12.1 Å². The number of benzene rings is 2. The Hall–Kier alpha value is -2.40. The number of ether oxygens (including phenoxy) is 1. The van der Waals surface area contributed by atoms with Crippen LogP contribution >= 0.6 is 0 Å². The van der Waals surface area contributed by atoms with Gasteiger partial charge in [-0.05, 0) is 35.6 Å². The number of nitrogens with one attached hydrogen (secondary N) is 1. The Bertz CT molecular complexity index is 789. The lowest BCUT2D eigenvalue weighted by molar-refractivity contribution is -0.122. The van der Waals surface area contributed by atoms with Crippen LogP contribution in [0.3, 0.4) is 0 Å². The lowest BCUT2D eigenvalue weighted by Crippen LogP contribution is -2.37. The predicted molar refractivity (Wildman–Crippen MR) is 98.6 cm³/mol. The highest BCUT2D eigenvalue weighted by Crippen LogP contribution is 2.48. The molecule has 1 amide bonds. The van der Waals surface area contributed by atoms with E-state index in [2.05, 4.69) is 16.3 Å². The molecule has 4 nitrogen and oxygen atoms in total. The lowest BCUT2D eigenvalue weighted by atomic mass is 10.1. The van der Waals surface area contributed by atoms with Crippen LogP contribution in [0, 0.1) is 11.7 Å². The number of carbonyl (C=O) groups is 1. The van der Waals surface area contributed by atoms with Crippen molar-refractivity contribution in [2.75, 3.05) is 31.2 Å². The molecule has 1 aliphatic carbocycles. The molecular formula is C21H23FN2O2. The van der Waals surface area contributed by atoms with Gasteiger partial charge in [-0.3, -0.25) is 4.79 Å². The second-order valence-electron chi connectivity index (χ2n) is 6.92. The number of para-hydroxylation sites is 1. The summed E-state index contributed by atoms with van der Waals surface area (Å²) in [6.07, 6.45) is 0.720. The number of anilines is 1. The molecule has 2 aliphatic rings. The molecular weight excluding hydrogens is 331 g/mol. The maximum atomic E-state index is 13.9. The molecule has 5 heteroatoms. The summed E-state index contributed by atoms with van der Waals surface area (Å²) >= 11 is 0. The Labute approximate surface area is 153 Å². The van der Waals surface area contributed by atoms with Gasteiger partial charge in [0.1, 0.15) is 5.82 Å². The maximum Gasteiger partial charge on any atom is 0.224 e. The summed E-state index contributed by atoms with van der Waals surface area (Å²) in [4.78, 5) is 14.8. The molecule has 4 rings (SSSR count). The summed E-state index contributed by atoms with van der Waals surface area (Å²) in [6.45, 7) is 3.68. The molecule has 26 heavy (non-hydrogen) atoms. The van der Waals surface area contributed by atoms with Gasteiger partial charge in [0, 0.05) is 31.2 Å². The zero-order chi connectivity index (χ0) is 17.9. The Kier molecular flexibility index (Phi) is 4.89. The fourth-order valence-electron chi connectivity index (χ4n) is 3.69. The molecule has 0 spiro atoms. The Balaban J connectivity index is 1.38. The normalized spacial score (nSPS) is 22.1. The number of nitrogens with zero attached hydrogens (tertiary/aromatic N) is 1. The monoisotopic (exact) mass is 354 g/mol. The van der Waals surface area contributed by atoms with Crippen LogP contribution in [-0.4, -0.2) is 32.2 Å². The Morgan fingerprint density at radius 2 is 1.85 bits per heavy atom. The van der Waals surface area contributed by atoms with Crippen LogP contribution in [0.25, 0.3) is 0 Å². The lowest BCUT2D eigenvalue weighted by Gasteiger charge is -2.30. The van der Waals surface area contributed by atoms with Crippen LogP contribution in [0.1, 0.15) is 23.5 Å². The quantitative estimate of drug-likeness (QED) is 0.897. The van der Waals surface area contributed by atoms with Gasteiger partial charge in [0.25, 0.3) is 0 Å². The zero-order valence-corrected chi connectivity index (χ0v) is 14.7. The van der Waals surface area contributed by atoms with E-state index >= 15 is 0 Å². The largest absolute Gasteiger partial charge is 0.378 e. The molecule has 1 saturated carbocycles. The molecule has 1 saturated heterocycles. The van der Waals surface area contributed by atoms with Crippen LogP contribution in [0.2, 0.25) is 0 Å². The first kappa shape index (κ1) is 17.0. The molecule has 1 heterocycles. The smallest absolute Gasteiger partial charge is 0.224 e. The van der Waals surface area contributed by atoms with Crippen molar-refractivity contribution in [1.29, 1.82) is 0 Å². The molecule has 0 radical (unpaired) electrons. The van der Waals surface area contributed by atoms with E-state index in [-0.39, 0.29) is 23.6 Å². The SMILES string of the molecule is O=C(NCc1ccccc1N1CCOCC1)C1CC1c1ccccc1F. The van der Waals surface area contributed by atoms with Crippen LogP contribution in [-0.2, 0) is 16.1 Å². The van der Waals surface area contributed by atoms with Gasteiger partial charge in [-0.1, -0.05) is 36.4 Å². The third-order valence-electron chi connectivity index (χ3n) is 5.23. The van der Waals surface area contributed by atoms with Crippen molar-refractivity contribution >= 4 is 11.6 Å². The standard InChI is InChI=1S/C21H23FN2O2/c22-19-7-3-2-6-16(19)17-13-18(17)21(25)23-14-15-5-1-4-8-20(15)24-9-11-26-12-10-24/h1-8,17-18H,9-14H2,(H,23,25). The number of hydrogen-bond donors (Lipinski definition) is 1. The first-order valence-corrected chi connectivity index (χ1v) is 9.17. The van der Waals surface area contributed by atoms with Gasteiger partial charge in [-0.2, -0.15) is 0 Å². The zero-order valence-electron chi connectivity index (χ0n) is 14.7. The fourth-order valence-corrected chi connectivity index (χ4v) is 3.69. The highest BCUT2D eigenvalue weighted by molar-refractivity contribution is 5.83. The average molecular weight is 354 g/mol. The molecule has 1 N–H and O–H groups in total. The van der Waals surface area contributed by atoms with E-state index in [9.17, 15) is 9.18 Å². The van der Waals surface area contributed by atoms with E-state index < -0.39 is 0 Å². The topological polar surface area (TPSA) is 41.6 Å². The number of hydrogen-bond acceptors (Lipinski definition) is 3. The number of carbonyl (C=O) groups excluding carboxylic acids is 1. The van der Waals surface area contributed by atoms with Crippen molar-refractivity contribution in [1.82, 2.24) is 5.32 Å². The molecule has 1 aliphatic heterocycles. The molecule has 136 valence electrons. The van der Waals surface area contributed by atoms with Gasteiger partial charge in [-0.25, -0.2) is 4.39 Å². The summed E-state index contributed by atoms with van der Waals surface area (Å²) in [5.41, 5.74) is 2.91. The van der Waals surface area contributed by atoms with Crippen molar-refractivity contribution < 1.29 is 13.9 Å². The first-order chi connectivity index (χ1) is 12.7. The molecule has 2 aromatic rings. The fraction of sp³-hybridized carbons (Fsp3) is 0.381.